The summed E-state index contributed by atoms with van der Waals surface area (Å²) in [4.78, 5) is 13.7. The molecule has 24 heavy (non-hydrogen) atoms. The summed E-state index contributed by atoms with van der Waals surface area (Å²) in [7, 11) is 1.46. The number of aliphatic hydroxyl groups excluding tert-OH is 2. The predicted molar refractivity (Wildman–Crippen MR) is 80.6 cm³/mol. The van der Waals surface area contributed by atoms with Crippen LogP contribution in [0, 0.1) is 5.82 Å². The Morgan fingerprint density at radius 2 is 2.08 bits per heavy atom. The van der Waals surface area contributed by atoms with Crippen molar-refractivity contribution in [2.75, 3.05) is 20.3 Å². The van der Waals surface area contributed by atoms with E-state index >= 15 is 0 Å². The SMILES string of the molecule is CN(C(=O)c1cc(-c2ccccc2F)no1)[C@@H]1COC[C@@H](O)[C@H]1O. The van der Waals surface area contributed by atoms with E-state index in [0.717, 1.165) is 0 Å². The standard InChI is InChI=1S/C16H17FN2O5/c1-19(12-7-23-8-13(20)15(12)21)16(22)14-6-11(18-24-14)9-4-2-3-5-10(9)17/h2-6,12-13,15,20-21H,7-8H2,1H3/t12-,13-,15+/m1/s1. The van der Waals surface area contributed by atoms with Crippen LogP contribution < -0.4 is 0 Å². The Morgan fingerprint density at radius 3 is 2.83 bits per heavy atom. The fourth-order valence-corrected chi connectivity index (χ4v) is 2.60. The van der Waals surface area contributed by atoms with Crippen molar-refractivity contribution in [2.45, 2.75) is 18.2 Å². The molecule has 0 spiro atoms. The van der Waals surface area contributed by atoms with Crippen molar-refractivity contribution >= 4 is 5.91 Å². The number of nitrogens with zero attached hydrogens (tertiary/aromatic N) is 2. The molecule has 2 heterocycles. The lowest BCUT2D eigenvalue weighted by atomic mass is 10.0. The molecule has 2 N–H and O–H groups in total. The third-order valence-electron chi connectivity index (χ3n) is 4.05. The van der Waals surface area contributed by atoms with Gasteiger partial charge in [0.1, 0.15) is 23.7 Å². The summed E-state index contributed by atoms with van der Waals surface area (Å²) in [6, 6.07) is 6.63. The first-order valence-electron chi connectivity index (χ1n) is 7.41. The summed E-state index contributed by atoms with van der Waals surface area (Å²) in [6.45, 7) is 0.105. The van der Waals surface area contributed by atoms with Crippen LogP contribution in [0.5, 0.6) is 0 Å². The van der Waals surface area contributed by atoms with Crippen molar-refractivity contribution in [1.82, 2.24) is 10.1 Å². The summed E-state index contributed by atoms with van der Waals surface area (Å²) in [5.74, 6) is -1.12. The molecule has 3 atom stereocenters. The van der Waals surface area contributed by atoms with Crippen LogP contribution >= 0.6 is 0 Å². The summed E-state index contributed by atoms with van der Waals surface area (Å²) in [6.07, 6.45) is -2.19. The molecule has 128 valence electrons. The van der Waals surface area contributed by atoms with Crippen molar-refractivity contribution in [1.29, 1.82) is 0 Å². The molecule has 1 fully saturated rings. The lowest BCUT2D eigenvalue weighted by Crippen LogP contribution is -2.56. The van der Waals surface area contributed by atoms with Gasteiger partial charge in [-0.05, 0) is 12.1 Å². The van der Waals surface area contributed by atoms with Crippen LogP contribution in [-0.4, -0.2) is 64.7 Å². The van der Waals surface area contributed by atoms with Gasteiger partial charge in [-0.3, -0.25) is 4.79 Å². The van der Waals surface area contributed by atoms with Crippen LogP contribution in [0.3, 0.4) is 0 Å². The first-order chi connectivity index (χ1) is 11.5. The van der Waals surface area contributed by atoms with Gasteiger partial charge in [-0.15, -0.1) is 0 Å². The highest BCUT2D eigenvalue weighted by atomic mass is 19.1. The molecular weight excluding hydrogens is 319 g/mol. The second-order valence-electron chi connectivity index (χ2n) is 5.64. The molecule has 8 heteroatoms. The highest BCUT2D eigenvalue weighted by Gasteiger charge is 2.37. The second-order valence-corrected chi connectivity index (χ2v) is 5.64. The van der Waals surface area contributed by atoms with Gasteiger partial charge in [-0.1, -0.05) is 17.3 Å². The molecule has 0 radical (unpaired) electrons. The van der Waals surface area contributed by atoms with Gasteiger partial charge >= 0.3 is 0 Å². The number of rotatable bonds is 3. The number of amides is 1. The monoisotopic (exact) mass is 336 g/mol. The van der Waals surface area contributed by atoms with Crippen molar-refractivity contribution in [2.24, 2.45) is 0 Å². The van der Waals surface area contributed by atoms with E-state index in [2.05, 4.69) is 5.16 Å². The number of aliphatic hydroxyl groups is 2. The number of halogens is 1. The van der Waals surface area contributed by atoms with Gasteiger partial charge in [0.25, 0.3) is 5.91 Å². The van der Waals surface area contributed by atoms with Crippen molar-refractivity contribution < 1.29 is 28.7 Å². The maximum Gasteiger partial charge on any atom is 0.292 e. The summed E-state index contributed by atoms with van der Waals surface area (Å²) >= 11 is 0. The van der Waals surface area contributed by atoms with Crippen LogP contribution in [0.4, 0.5) is 4.39 Å². The van der Waals surface area contributed by atoms with Crippen molar-refractivity contribution in [3.05, 3.63) is 41.9 Å². The molecule has 7 nitrogen and oxygen atoms in total. The first-order valence-corrected chi connectivity index (χ1v) is 7.41. The van der Waals surface area contributed by atoms with E-state index in [1.54, 1.807) is 12.1 Å². The maximum atomic E-state index is 13.8. The quantitative estimate of drug-likeness (QED) is 0.855. The van der Waals surface area contributed by atoms with Crippen LogP contribution in [0.1, 0.15) is 10.6 Å². The number of aromatic nitrogens is 1. The van der Waals surface area contributed by atoms with Crippen LogP contribution in [0.2, 0.25) is 0 Å². The number of likely N-dealkylation sites (N-methyl/N-ethyl adjacent to an activating group) is 1. The minimum atomic E-state index is -1.12. The lowest BCUT2D eigenvalue weighted by Gasteiger charge is -2.37. The number of ether oxygens (including phenoxy) is 1. The highest BCUT2D eigenvalue weighted by Crippen LogP contribution is 2.23. The summed E-state index contributed by atoms with van der Waals surface area (Å²) < 4.78 is 24.0. The summed E-state index contributed by atoms with van der Waals surface area (Å²) in [5, 5.41) is 23.4. The average Bonchev–Trinajstić information content (AvgIpc) is 3.06. The van der Waals surface area contributed by atoms with E-state index in [1.165, 1.54) is 30.1 Å². The number of carbonyl (C=O) groups excluding carboxylic acids is 1. The van der Waals surface area contributed by atoms with Gasteiger partial charge in [-0.2, -0.15) is 0 Å². The van der Waals surface area contributed by atoms with Gasteiger partial charge in [0.2, 0.25) is 5.76 Å². The van der Waals surface area contributed by atoms with Crippen molar-refractivity contribution in [3.63, 3.8) is 0 Å². The van der Waals surface area contributed by atoms with Gasteiger partial charge < -0.3 is 24.4 Å². The molecule has 3 rings (SSSR count). The fourth-order valence-electron chi connectivity index (χ4n) is 2.60. The van der Waals surface area contributed by atoms with E-state index in [-0.39, 0.29) is 30.2 Å². The zero-order valence-corrected chi connectivity index (χ0v) is 12.9. The Morgan fingerprint density at radius 1 is 1.33 bits per heavy atom. The number of benzene rings is 1. The lowest BCUT2D eigenvalue weighted by molar-refractivity contribution is -0.122. The first kappa shape index (κ1) is 16.6. The molecule has 0 aliphatic carbocycles. The zero-order valence-electron chi connectivity index (χ0n) is 12.9. The minimum Gasteiger partial charge on any atom is -0.388 e. The van der Waals surface area contributed by atoms with E-state index < -0.39 is 30.0 Å². The van der Waals surface area contributed by atoms with E-state index in [9.17, 15) is 19.4 Å². The number of carbonyl (C=O) groups is 1. The molecule has 1 amide bonds. The maximum absolute atomic E-state index is 13.8. The minimum absolute atomic E-state index is 0.0133. The van der Waals surface area contributed by atoms with Gasteiger partial charge in [0.05, 0.1) is 19.3 Å². The van der Waals surface area contributed by atoms with Crippen LogP contribution in [-0.2, 0) is 4.74 Å². The molecule has 1 aromatic heterocycles. The van der Waals surface area contributed by atoms with Crippen LogP contribution in [0.25, 0.3) is 11.3 Å². The molecule has 1 aliphatic heterocycles. The second kappa shape index (κ2) is 6.68. The Hall–Kier alpha value is -2.29. The Kier molecular flexibility index (Phi) is 4.61. The smallest absolute Gasteiger partial charge is 0.292 e. The average molecular weight is 336 g/mol. The summed E-state index contributed by atoms with van der Waals surface area (Å²) in [5.41, 5.74) is 0.421. The molecule has 2 aromatic rings. The zero-order chi connectivity index (χ0) is 17.3. The third kappa shape index (κ3) is 3.03. The molecule has 0 unspecified atom stereocenters. The van der Waals surface area contributed by atoms with Crippen molar-refractivity contribution in [3.8, 4) is 11.3 Å². The van der Waals surface area contributed by atoms with E-state index in [1.807, 2.05) is 0 Å². The number of hydrogen-bond donors (Lipinski definition) is 2. The normalized spacial score (nSPS) is 23.9. The van der Waals surface area contributed by atoms with E-state index in [4.69, 9.17) is 9.26 Å². The molecular formula is C16H17FN2O5. The Labute approximate surface area is 137 Å². The van der Waals surface area contributed by atoms with Gasteiger partial charge in [0.15, 0.2) is 0 Å². The Balaban J connectivity index is 1.80. The molecule has 1 aromatic carbocycles. The predicted octanol–water partition coefficient (Wildman–Crippen LogP) is 0.673. The third-order valence-corrected chi connectivity index (χ3v) is 4.05. The molecule has 0 saturated carbocycles. The van der Waals surface area contributed by atoms with E-state index in [0.29, 0.717) is 0 Å². The number of hydrogen-bond acceptors (Lipinski definition) is 6. The highest BCUT2D eigenvalue weighted by molar-refractivity contribution is 5.92. The molecule has 1 saturated heterocycles. The van der Waals surface area contributed by atoms with Gasteiger partial charge in [-0.25, -0.2) is 4.39 Å². The fraction of sp³-hybridized carbons (Fsp3) is 0.375. The van der Waals surface area contributed by atoms with Gasteiger partial charge in [0, 0.05) is 18.7 Å². The largest absolute Gasteiger partial charge is 0.388 e. The van der Waals surface area contributed by atoms with Crippen LogP contribution in [0.15, 0.2) is 34.9 Å². The molecule has 1 aliphatic rings. The Bertz CT molecular complexity index is 735. The molecule has 0 bridgehead atoms. The topological polar surface area (TPSA) is 96.0 Å².